The van der Waals surface area contributed by atoms with E-state index in [0.717, 1.165) is 0 Å². The highest BCUT2D eigenvalue weighted by Crippen LogP contribution is 2.30. The number of benzene rings is 2. The van der Waals surface area contributed by atoms with Crippen LogP contribution in [0.3, 0.4) is 0 Å². The van der Waals surface area contributed by atoms with E-state index in [1.807, 2.05) is 30.3 Å². The normalized spacial score (nSPS) is 10.0. The van der Waals surface area contributed by atoms with Gasteiger partial charge in [-0.15, -0.1) is 0 Å². The molecule has 4 heteroatoms. The van der Waals surface area contributed by atoms with Crippen LogP contribution in [0.15, 0.2) is 48.5 Å². The van der Waals surface area contributed by atoms with Crippen LogP contribution < -0.4 is 4.74 Å². The molecule has 2 aromatic rings. The number of para-hydroxylation sites is 1. The molecule has 0 N–H and O–H groups in total. The number of carbonyl (C=O) groups excluding carboxylic acids is 1. The van der Waals surface area contributed by atoms with E-state index in [1.165, 1.54) is 6.07 Å². The summed E-state index contributed by atoms with van der Waals surface area (Å²) in [5.74, 6) is 0.796. The fraction of sp³-hybridized carbons (Fsp3) is 0.133. The first-order valence-electron chi connectivity index (χ1n) is 5.90. The van der Waals surface area contributed by atoms with Gasteiger partial charge in [-0.2, -0.15) is 0 Å². The summed E-state index contributed by atoms with van der Waals surface area (Å²) in [7, 11) is 0. The summed E-state index contributed by atoms with van der Waals surface area (Å²) in [6.07, 6.45) is 0. The summed E-state index contributed by atoms with van der Waals surface area (Å²) in [6, 6.07) is 14.1. The van der Waals surface area contributed by atoms with Crippen LogP contribution in [0.2, 0.25) is 5.02 Å². The molecule has 0 radical (unpaired) electrons. The number of hydrogen-bond donors (Lipinski definition) is 0. The predicted molar refractivity (Wildman–Crippen MR) is 73.9 cm³/mol. The Bertz CT molecular complexity index is 567. The molecule has 0 atom stereocenters. The second kappa shape index (κ2) is 6.25. The summed E-state index contributed by atoms with van der Waals surface area (Å²) < 4.78 is 10.5. The third-order valence-corrected chi connectivity index (χ3v) is 2.71. The smallest absolute Gasteiger partial charge is 0.338 e. The van der Waals surface area contributed by atoms with Crippen molar-refractivity contribution in [2.45, 2.75) is 6.92 Å². The molecule has 0 saturated heterocycles. The topological polar surface area (TPSA) is 35.5 Å². The minimum absolute atomic E-state index is 0.332. The van der Waals surface area contributed by atoms with E-state index >= 15 is 0 Å². The maximum Gasteiger partial charge on any atom is 0.338 e. The van der Waals surface area contributed by atoms with Crippen molar-refractivity contribution in [1.29, 1.82) is 0 Å². The standard InChI is InChI=1S/C15H13ClO3/c1-2-18-15(17)11-8-9-14(13(16)10-11)19-12-6-4-3-5-7-12/h3-10H,2H2,1H3. The van der Waals surface area contributed by atoms with Gasteiger partial charge in [0.2, 0.25) is 0 Å². The maximum absolute atomic E-state index is 11.5. The van der Waals surface area contributed by atoms with Gasteiger partial charge in [0.15, 0.2) is 0 Å². The van der Waals surface area contributed by atoms with E-state index < -0.39 is 5.97 Å². The largest absolute Gasteiger partial charge is 0.462 e. The van der Waals surface area contributed by atoms with Crippen molar-refractivity contribution in [2.24, 2.45) is 0 Å². The Labute approximate surface area is 116 Å². The van der Waals surface area contributed by atoms with Gasteiger partial charge < -0.3 is 9.47 Å². The summed E-state index contributed by atoms with van der Waals surface area (Å²) in [4.78, 5) is 11.5. The van der Waals surface area contributed by atoms with Crippen LogP contribution in [-0.2, 0) is 4.74 Å². The molecular formula is C15H13ClO3. The first kappa shape index (κ1) is 13.4. The minimum atomic E-state index is -0.393. The molecule has 0 fully saturated rings. The zero-order valence-corrected chi connectivity index (χ0v) is 11.2. The van der Waals surface area contributed by atoms with Crippen molar-refractivity contribution < 1.29 is 14.3 Å². The van der Waals surface area contributed by atoms with Gasteiger partial charge in [-0.1, -0.05) is 29.8 Å². The highest BCUT2D eigenvalue weighted by Gasteiger charge is 2.10. The Kier molecular flexibility index (Phi) is 4.42. The van der Waals surface area contributed by atoms with Gasteiger partial charge in [0.05, 0.1) is 17.2 Å². The number of hydrogen-bond acceptors (Lipinski definition) is 3. The van der Waals surface area contributed by atoms with Crippen molar-refractivity contribution in [1.82, 2.24) is 0 Å². The molecule has 98 valence electrons. The van der Waals surface area contributed by atoms with Crippen molar-refractivity contribution in [3.8, 4) is 11.5 Å². The van der Waals surface area contributed by atoms with Gasteiger partial charge in [-0.3, -0.25) is 0 Å². The summed E-state index contributed by atoms with van der Waals surface area (Å²) in [5, 5.41) is 0.370. The molecule has 0 saturated carbocycles. The van der Waals surface area contributed by atoms with E-state index in [1.54, 1.807) is 19.1 Å². The zero-order chi connectivity index (χ0) is 13.7. The Morgan fingerprint density at radius 1 is 1.16 bits per heavy atom. The molecule has 0 spiro atoms. The minimum Gasteiger partial charge on any atom is -0.462 e. The zero-order valence-electron chi connectivity index (χ0n) is 10.4. The van der Waals surface area contributed by atoms with Gasteiger partial charge in [-0.25, -0.2) is 4.79 Å². The van der Waals surface area contributed by atoms with E-state index in [-0.39, 0.29) is 0 Å². The van der Waals surface area contributed by atoms with Crippen molar-refractivity contribution in [3.05, 3.63) is 59.1 Å². The SMILES string of the molecule is CCOC(=O)c1ccc(Oc2ccccc2)c(Cl)c1. The molecule has 0 aliphatic carbocycles. The number of halogens is 1. The highest BCUT2D eigenvalue weighted by molar-refractivity contribution is 6.32. The third kappa shape index (κ3) is 3.48. The lowest BCUT2D eigenvalue weighted by atomic mass is 10.2. The highest BCUT2D eigenvalue weighted by atomic mass is 35.5. The van der Waals surface area contributed by atoms with E-state index in [4.69, 9.17) is 21.1 Å². The first-order valence-corrected chi connectivity index (χ1v) is 6.28. The summed E-state index contributed by atoms with van der Waals surface area (Å²) in [6.45, 7) is 2.09. The lowest BCUT2D eigenvalue weighted by molar-refractivity contribution is 0.0526. The molecule has 0 aliphatic heterocycles. The average Bonchev–Trinajstić information content (AvgIpc) is 2.42. The van der Waals surface area contributed by atoms with Gasteiger partial charge in [0, 0.05) is 0 Å². The van der Waals surface area contributed by atoms with Crippen LogP contribution in [-0.4, -0.2) is 12.6 Å². The molecule has 2 rings (SSSR count). The molecule has 0 aromatic heterocycles. The molecule has 0 amide bonds. The number of carbonyl (C=O) groups is 1. The Hall–Kier alpha value is -2.00. The second-order valence-electron chi connectivity index (χ2n) is 3.78. The number of esters is 1. The monoisotopic (exact) mass is 276 g/mol. The quantitative estimate of drug-likeness (QED) is 0.781. The van der Waals surface area contributed by atoms with Crippen molar-refractivity contribution in [3.63, 3.8) is 0 Å². The van der Waals surface area contributed by atoms with Crippen LogP contribution in [0, 0.1) is 0 Å². The molecule has 0 heterocycles. The van der Waals surface area contributed by atoms with Crippen molar-refractivity contribution in [2.75, 3.05) is 6.61 Å². The fourth-order valence-corrected chi connectivity index (χ4v) is 1.76. The molecule has 0 bridgehead atoms. The number of ether oxygens (including phenoxy) is 2. The van der Waals surface area contributed by atoms with Crippen LogP contribution in [0.5, 0.6) is 11.5 Å². The fourth-order valence-electron chi connectivity index (χ4n) is 1.54. The van der Waals surface area contributed by atoms with Gasteiger partial charge in [-0.05, 0) is 37.3 Å². The van der Waals surface area contributed by atoms with Gasteiger partial charge in [0.1, 0.15) is 11.5 Å². The first-order chi connectivity index (χ1) is 9.20. The van der Waals surface area contributed by atoms with E-state index in [9.17, 15) is 4.79 Å². The average molecular weight is 277 g/mol. The molecule has 0 unspecified atom stereocenters. The Balaban J connectivity index is 2.18. The molecule has 19 heavy (non-hydrogen) atoms. The van der Waals surface area contributed by atoms with Gasteiger partial charge in [0.25, 0.3) is 0 Å². The third-order valence-electron chi connectivity index (χ3n) is 2.41. The lowest BCUT2D eigenvalue weighted by Gasteiger charge is -2.08. The summed E-state index contributed by atoms with van der Waals surface area (Å²) >= 11 is 6.09. The van der Waals surface area contributed by atoms with E-state index in [2.05, 4.69) is 0 Å². The molecule has 2 aromatic carbocycles. The van der Waals surface area contributed by atoms with Crippen LogP contribution in [0.1, 0.15) is 17.3 Å². The van der Waals surface area contributed by atoms with Crippen LogP contribution in [0.4, 0.5) is 0 Å². The van der Waals surface area contributed by atoms with Crippen LogP contribution >= 0.6 is 11.6 Å². The Morgan fingerprint density at radius 2 is 1.89 bits per heavy atom. The molecular weight excluding hydrogens is 264 g/mol. The Morgan fingerprint density at radius 3 is 2.53 bits per heavy atom. The second-order valence-corrected chi connectivity index (χ2v) is 4.19. The lowest BCUT2D eigenvalue weighted by Crippen LogP contribution is -2.04. The van der Waals surface area contributed by atoms with Crippen LogP contribution in [0.25, 0.3) is 0 Å². The maximum atomic E-state index is 11.5. The van der Waals surface area contributed by atoms with E-state index in [0.29, 0.717) is 28.7 Å². The molecule has 3 nitrogen and oxygen atoms in total. The number of rotatable bonds is 4. The van der Waals surface area contributed by atoms with Gasteiger partial charge >= 0.3 is 5.97 Å². The molecule has 0 aliphatic rings. The predicted octanol–water partition coefficient (Wildman–Crippen LogP) is 4.31. The summed E-state index contributed by atoms with van der Waals surface area (Å²) in [5.41, 5.74) is 0.410. The van der Waals surface area contributed by atoms with Crippen molar-refractivity contribution >= 4 is 17.6 Å².